The molecule has 0 aliphatic heterocycles. The molecular formula is C14H19BrO. The fourth-order valence-corrected chi connectivity index (χ4v) is 2.62. The van der Waals surface area contributed by atoms with Gasteiger partial charge in [0.05, 0.1) is 0 Å². The minimum absolute atomic E-state index is 0.235. The topological polar surface area (TPSA) is 9.23 Å². The second-order valence-corrected chi connectivity index (χ2v) is 6.48. The predicted molar refractivity (Wildman–Crippen MR) is 71.4 cm³/mol. The Morgan fingerprint density at radius 1 is 1.25 bits per heavy atom. The summed E-state index contributed by atoms with van der Waals surface area (Å²) in [5.74, 6) is 1.00. The van der Waals surface area contributed by atoms with Crippen LogP contribution < -0.4 is 4.74 Å². The van der Waals surface area contributed by atoms with Crippen LogP contribution in [0.1, 0.15) is 31.4 Å². The lowest BCUT2D eigenvalue weighted by Crippen LogP contribution is -2.53. The van der Waals surface area contributed by atoms with Gasteiger partial charge in [0, 0.05) is 10.2 Å². The lowest BCUT2D eigenvalue weighted by atomic mass is 9.69. The average Bonchev–Trinajstić information content (AvgIpc) is 2.23. The molecule has 1 aromatic carbocycles. The predicted octanol–water partition coefficient (Wildman–Crippen LogP) is 4.24. The van der Waals surface area contributed by atoms with Crippen molar-refractivity contribution in [2.24, 2.45) is 5.41 Å². The van der Waals surface area contributed by atoms with Crippen LogP contribution in [0.2, 0.25) is 0 Å². The largest absolute Gasteiger partial charge is 0.490 e. The van der Waals surface area contributed by atoms with E-state index in [0.29, 0.717) is 10.9 Å². The average molecular weight is 283 g/mol. The van der Waals surface area contributed by atoms with Crippen LogP contribution in [-0.2, 0) is 0 Å². The van der Waals surface area contributed by atoms with E-state index in [1.807, 2.05) is 0 Å². The van der Waals surface area contributed by atoms with Crippen molar-refractivity contribution < 1.29 is 4.74 Å². The molecule has 1 nitrogen and oxygen atoms in total. The zero-order valence-corrected chi connectivity index (χ0v) is 12.0. The molecule has 2 rings (SSSR count). The lowest BCUT2D eigenvalue weighted by molar-refractivity contribution is -0.00783. The first-order chi connectivity index (χ1) is 7.41. The molecule has 0 saturated heterocycles. The summed E-state index contributed by atoms with van der Waals surface area (Å²) in [7, 11) is 0. The summed E-state index contributed by atoms with van der Waals surface area (Å²) in [6.07, 6.45) is 1.43. The van der Waals surface area contributed by atoms with Crippen LogP contribution in [-0.4, -0.2) is 10.9 Å². The Morgan fingerprint density at radius 3 is 2.44 bits per heavy atom. The van der Waals surface area contributed by atoms with Crippen molar-refractivity contribution in [2.45, 2.75) is 45.0 Å². The normalized spacial score (nSPS) is 27.3. The van der Waals surface area contributed by atoms with Crippen molar-refractivity contribution in [3.05, 3.63) is 29.3 Å². The Morgan fingerprint density at radius 2 is 1.94 bits per heavy atom. The molecule has 2 atom stereocenters. The van der Waals surface area contributed by atoms with Crippen molar-refractivity contribution in [3.63, 3.8) is 0 Å². The van der Waals surface area contributed by atoms with E-state index >= 15 is 0 Å². The molecule has 0 N–H and O–H groups in total. The zero-order valence-electron chi connectivity index (χ0n) is 10.4. The third kappa shape index (κ3) is 2.00. The highest BCUT2D eigenvalue weighted by Crippen LogP contribution is 2.47. The van der Waals surface area contributed by atoms with Crippen molar-refractivity contribution in [1.82, 2.24) is 0 Å². The van der Waals surface area contributed by atoms with Gasteiger partial charge in [-0.15, -0.1) is 0 Å². The Balaban J connectivity index is 2.08. The van der Waals surface area contributed by atoms with E-state index in [1.54, 1.807) is 0 Å². The first kappa shape index (κ1) is 12.0. The second kappa shape index (κ2) is 4.06. The molecule has 1 aliphatic rings. The van der Waals surface area contributed by atoms with E-state index < -0.39 is 0 Å². The SMILES string of the molecule is Cc1ccc(OC2CC(Br)C2(C)C)cc1C. The smallest absolute Gasteiger partial charge is 0.120 e. The molecule has 16 heavy (non-hydrogen) atoms. The highest BCUT2D eigenvalue weighted by molar-refractivity contribution is 9.09. The van der Waals surface area contributed by atoms with Crippen LogP contribution in [0.4, 0.5) is 0 Å². The molecule has 0 radical (unpaired) electrons. The molecule has 2 heteroatoms. The van der Waals surface area contributed by atoms with Gasteiger partial charge in [-0.2, -0.15) is 0 Å². The number of aryl methyl sites for hydroxylation is 2. The quantitative estimate of drug-likeness (QED) is 0.737. The summed E-state index contributed by atoms with van der Waals surface area (Å²) in [6.45, 7) is 8.76. The standard InChI is InChI=1S/C14H19BrO/c1-9-5-6-11(7-10(9)2)16-13-8-12(15)14(13,3)4/h5-7,12-13H,8H2,1-4H3. The van der Waals surface area contributed by atoms with Gasteiger partial charge in [-0.05, 0) is 43.5 Å². The van der Waals surface area contributed by atoms with E-state index in [4.69, 9.17) is 4.74 Å². The van der Waals surface area contributed by atoms with Crippen molar-refractivity contribution in [3.8, 4) is 5.75 Å². The number of hydrogen-bond acceptors (Lipinski definition) is 1. The number of alkyl halides is 1. The van der Waals surface area contributed by atoms with Gasteiger partial charge >= 0.3 is 0 Å². The molecule has 1 aliphatic carbocycles. The van der Waals surface area contributed by atoms with E-state index in [0.717, 1.165) is 12.2 Å². The summed E-state index contributed by atoms with van der Waals surface area (Å²) >= 11 is 3.68. The molecule has 88 valence electrons. The minimum Gasteiger partial charge on any atom is -0.490 e. The van der Waals surface area contributed by atoms with E-state index in [1.165, 1.54) is 11.1 Å². The summed E-state index contributed by atoms with van der Waals surface area (Å²) in [5.41, 5.74) is 2.85. The third-order valence-corrected chi connectivity index (χ3v) is 5.37. The number of hydrogen-bond donors (Lipinski definition) is 0. The Kier molecular flexibility index (Phi) is 3.04. The van der Waals surface area contributed by atoms with Gasteiger partial charge < -0.3 is 4.74 Å². The second-order valence-electron chi connectivity index (χ2n) is 5.38. The maximum absolute atomic E-state index is 6.04. The number of ether oxygens (including phenoxy) is 1. The van der Waals surface area contributed by atoms with E-state index in [9.17, 15) is 0 Å². The molecule has 0 heterocycles. The van der Waals surface area contributed by atoms with Gasteiger partial charge in [-0.25, -0.2) is 0 Å². The molecule has 0 bridgehead atoms. The van der Waals surface area contributed by atoms with E-state index in [-0.39, 0.29) is 5.41 Å². The number of halogens is 1. The Bertz CT molecular complexity index is 398. The molecule has 0 amide bonds. The van der Waals surface area contributed by atoms with Crippen LogP contribution in [0.25, 0.3) is 0 Å². The van der Waals surface area contributed by atoms with Crippen LogP contribution in [0.15, 0.2) is 18.2 Å². The molecule has 1 aromatic rings. The van der Waals surface area contributed by atoms with Gasteiger partial charge in [0.2, 0.25) is 0 Å². The van der Waals surface area contributed by atoms with Crippen molar-refractivity contribution in [1.29, 1.82) is 0 Å². The first-order valence-electron chi connectivity index (χ1n) is 5.79. The number of rotatable bonds is 2. The molecule has 0 spiro atoms. The highest BCUT2D eigenvalue weighted by Gasteiger charge is 2.48. The molecular weight excluding hydrogens is 264 g/mol. The van der Waals surface area contributed by atoms with Gasteiger partial charge in [0.25, 0.3) is 0 Å². The zero-order chi connectivity index (χ0) is 11.9. The third-order valence-electron chi connectivity index (χ3n) is 3.81. The maximum Gasteiger partial charge on any atom is 0.120 e. The van der Waals surface area contributed by atoms with Gasteiger partial charge in [0.15, 0.2) is 0 Å². The molecule has 1 saturated carbocycles. The van der Waals surface area contributed by atoms with Gasteiger partial charge in [-0.3, -0.25) is 0 Å². The first-order valence-corrected chi connectivity index (χ1v) is 6.71. The fourth-order valence-electron chi connectivity index (χ4n) is 1.99. The minimum atomic E-state index is 0.235. The summed E-state index contributed by atoms with van der Waals surface area (Å²) in [6, 6.07) is 6.33. The van der Waals surface area contributed by atoms with Crippen molar-refractivity contribution in [2.75, 3.05) is 0 Å². The summed E-state index contributed by atoms with van der Waals surface area (Å²) in [5, 5.41) is 0. The summed E-state index contributed by atoms with van der Waals surface area (Å²) in [4.78, 5) is 0.580. The monoisotopic (exact) mass is 282 g/mol. The number of benzene rings is 1. The van der Waals surface area contributed by atoms with Crippen LogP contribution in [0.3, 0.4) is 0 Å². The van der Waals surface area contributed by atoms with Crippen LogP contribution in [0, 0.1) is 19.3 Å². The van der Waals surface area contributed by atoms with Crippen molar-refractivity contribution >= 4 is 15.9 Å². The Labute approximate surface area is 106 Å². The molecule has 1 fully saturated rings. The van der Waals surface area contributed by atoms with Crippen LogP contribution in [0.5, 0.6) is 5.75 Å². The molecule has 0 aromatic heterocycles. The Hall–Kier alpha value is -0.500. The summed E-state index contributed by atoms with van der Waals surface area (Å²) < 4.78 is 6.04. The fraction of sp³-hybridized carbons (Fsp3) is 0.571. The van der Waals surface area contributed by atoms with Gasteiger partial charge in [0.1, 0.15) is 11.9 Å². The maximum atomic E-state index is 6.04. The van der Waals surface area contributed by atoms with Crippen LogP contribution >= 0.6 is 15.9 Å². The highest BCUT2D eigenvalue weighted by atomic mass is 79.9. The lowest BCUT2D eigenvalue weighted by Gasteiger charge is -2.48. The van der Waals surface area contributed by atoms with E-state index in [2.05, 4.69) is 61.8 Å². The van der Waals surface area contributed by atoms with Gasteiger partial charge in [-0.1, -0.05) is 35.8 Å². The molecule has 2 unspecified atom stereocenters.